The van der Waals surface area contributed by atoms with Crippen LogP contribution in [0.3, 0.4) is 0 Å². The van der Waals surface area contributed by atoms with Crippen molar-refractivity contribution in [2.75, 3.05) is 5.32 Å². The van der Waals surface area contributed by atoms with E-state index >= 15 is 0 Å². The molecule has 4 nitrogen and oxygen atoms in total. The van der Waals surface area contributed by atoms with Gasteiger partial charge in [0.2, 0.25) is 0 Å². The number of aromatic nitrogens is 2. The second-order valence-electron chi connectivity index (χ2n) is 3.76. The zero-order valence-corrected chi connectivity index (χ0v) is 10.8. The summed E-state index contributed by atoms with van der Waals surface area (Å²) < 4.78 is 1.68. The topological polar surface area (TPSA) is 46.9 Å². The highest BCUT2D eigenvalue weighted by Gasteiger charge is 2.01. The normalized spacial score (nSPS) is 10.5. The second kappa shape index (κ2) is 5.14. The summed E-state index contributed by atoms with van der Waals surface area (Å²) in [6, 6.07) is 3.40. The average Bonchev–Trinajstić information content (AvgIpc) is 2.74. The standard InChI is InChI=1S/C12H15N3OS/c1-3-15-7-10(4-5-12(15)16)13-6-11-9(2)14-8-17-11/h4-5,7-8,13H,3,6H2,1-2H3. The van der Waals surface area contributed by atoms with Crippen molar-refractivity contribution in [2.24, 2.45) is 0 Å². The van der Waals surface area contributed by atoms with Crippen LogP contribution in [0.15, 0.2) is 28.6 Å². The Morgan fingerprint density at radius 3 is 2.94 bits per heavy atom. The summed E-state index contributed by atoms with van der Waals surface area (Å²) in [7, 11) is 0. The SMILES string of the molecule is CCn1cc(NCc2scnc2C)ccc1=O. The molecule has 0 aromatic carbocycles. The Hall–Kier alpha value is -1.62. The summed E-state index contributed by atoms with van der Waals surface area (Å²) in [6.07, 6.45) is 1.85. The van der Waals surface area contributed by atoms with Crippen molar-refractivity contribution in [2.45, 2.75) is 26.9 Å². The van der Waals surface area contributed by atoms with E-state index < -0.39 is 0 Å². The van der Waals surface area contributed by atoms with Gasteiger partial charge in [0.1, 0.15) is 0 Å². The van der Waals surface area contributed by atoms with Crippen LogP contribution in [0.2, 0.25) is 0 Å². The largest absolute Gasteiger partial charge is 0.379 e. The molecule has 17 heavy (non-hydrogen) atoms. The van der Waals surface area contributed by atoms with Crippen LogP contribution in [-0.4, -0.2) is 9.55 Å². The van der Waals surface area contributed by atoms with E-state index in [2.05, 4.69) is 10.3 Å². The van der Waals surface area contributed by atoms with Gasteiger partial charge in [0.05, 0.1) is 23.4 Å². The molecule has 0 saturated carbocycles. The molecule has 0 saturated heterocycles. The Kier molecular flexibility index (Phi) is 3.58. The molecule has 2 aromatic heterocycles. The molecule has 0 bridgehead atoms. The molecule has 0 radical (unpaired) electrons. The number of aryl methyl sites for hydroxylation is 2. The first-order valence-electron chi connectivity index (χ1n) is 5.54. The molecule has 0 spiro atoms. The van der Waals surface area contributed by atoms with E-state index in [9.17, 15) is 4.79 Å². The maximum atomic E-state index is 11.4. The first kappa shape index (κ1) is 11.9. The molecule has 0 aliphatic heterocycles. The predicted molar refractivity (Wildman–Crippen MR) is 70.6 cm³/mol. The lowest BCUT2D eigenvalue weighted by atomic mass is 10.3. The van der Waals surface area contributed by atoms with E-state index in [1.807, 2.05) is 31.6 Å². The Balaban J connectivity index is 2.09. The lowest BCUT2D eigenvalue weighted by molar-refractivity contribution is 0.728. The van der Waals surface area contributed by atoms with Crippen LogP contribution in [0.4, 0.5) is 5.69 Å². The number of thiazole rings is 1. The molecule has 0 amide bonds. The van der Waals surface area contributed by atoms with Crippen molar-refractivity contribution >= 4 is 17.0 Å². The fourth-order valence-electron chi connectivity index (χ4n) is 1.56. The first-order chi connectivity index (χ1) is 8.20. The van der Waals surface area contributed by atoms with E-state index in [-0.39, 0.29) is 5.56 Å². The summed E-state index contributed by atoms with van der Waals surface area (Å²) in [5.41, 5.74) is 3.90. The number of hydrogen-bond donors (Lipinski definition) is 1. The van der Waals surface area contributed by atoms with E-state index in [1.54, 1.807) is 22.0 Å². The highest BCUT2D eigenvalue weighted by atomic mass is 32.1. The second-order valence-corrected chi connectivity index (χ2v) is 4.70. The Labute approximate surface area is 104 Å². The maximum absolute atomic E-state index is 11.4. The smallest absolute Gasteiger partial charge is 0.250 e. The Morgan fingerprint density at radius 1 is 1.47 bits per heavy atom. The van der Waals surface area contributed by atoms with E-state index in [1.165, 1.54) is 4.88 Å². The molecular formula is C12H15N3OS. The summed E-state index contributed by atoms with van der Waals surface area (Å²) in [4.78, 5) is 16.8. The average molecular weight is 249 g/mol. The van der Waals surface area contributed by atoms with Crippen LogP contribution in [0.1, 0.15) is 17.5 Å². The number of anilines is 1. The van der Waals surface area contributed by atoms with Crippen LogP contribution in [-0.2, 0) is 13.1 Å². The van der Waals surface area contributed by atoms with Crippen molar-refractivity contribution in [3.05, 3.63) is 44.8 Å². The molecule has 0 aliphatic carbocycles. The number of pyridine rings is 1. The number of nitrogens with one attached hydrogen (secondary N) is 1. The van der Waals surface area contributed by atoms with Gasteiger partial charge in [0, 0.05) is 23.7 Å². The molecule has 0 aliphatic rings. The zero-order valence-electron chi connectivity index (χ0n) is 9.93. The van der Waals surface area contributed by atoms with Gasteiger partial charge in [-0.1, -0.05) is 0 Å². The monoisotopic (exact) mass is 249 g/mol. The van der Waals surface area contributed by atoms with Gasteiger partial charge in [-0.2, -0.15) is 0 Å². The van der Waals surface area contributed by atoms with Crippen molar-refractivity contribution < 1.29 is 0 Å². The third kappa shape index (κ3) is 2.74. The van der Waals surface area contributed by atoms with Gasteiger partial charge in [-0.15, -0.1) is 11.3 Å². The first-order valence-corrected chi connectivity index (χ1v) is 6.42. The van der Waals surface area contributed by atoms with Gasteiger partial charge in [-0.25, -0.2) is 4.98 Å². The fraction of sp³-hybridized carbons (Fsp3) is 0.333. The zero-order chi connectivity index (χ0) is 12.3. The van der Waals surface area contributed by atoms with Gasteiger partial charge in [0.15, 0.2) is 0 Å². The van der Waals surface area contributed by atoms with Crippen molar-refractivity contribution in [1.82, 2.24) is 9.55 Å². The van der Waals surface area contributed by atoms with Gasteiger partial charge in [-0.3, -0.25) is 4.79 Å². The molecule has 0 unspecified atom stereocenters. The number of nitrogens with zero attached hydrogens (tertiary/aromatic N) is 2. The molecule has 5 heteroatoms. The summed E-state index contributed by atoms with van der Waals surface area (Å²) in [5.74, 6) is 0. The fourth-order valence-corrected chi connectivity index (χ4v) is 2.28. The third-order valence-electron chi connectivity index (χ3n) is 2.62. The number of hydrogen-bond acceptors (Lipinski definition) is 4. The Bertz CT molecular complexity index is 559. The third-order valence-corrected chi connectivity index (χ3v) is 3.56. The highest BCUT2D eigenvalue weighted by molar-refractivity contribution is 7.09. The van der Waals surface area contributed by atoms with Gasteiger partial charge >= 0.3 is 0 Å². The lowest BCUT2D eigenvalue weighted by Gasteiger charge is -2.08. The molecule has 2 heterocycles. The van der Waals surface area contributed by atoms with Crippen molar-refractivity contribution in [3.63, 3.8) is 0 Å². The van der Waals surface area contributed by atoms with Crippen molar-refractivity contribution in [1.29, 1.82) is 0 Å². The van der Waals surface area contributed by atoms with Crippen LogP contribution >= 0.6 is 11.3 Å². The van der Waals surface area contributed by atoms with Crippen LogP contribution < -0.4 is 10.9 Å². The van der Waals surface area contributed by atoms with E-state index in [4.69, 9.17) is 0 Å². The maximum Gasteiger partial charge on any atom is 0.250 e. The minimum absolute atomic E-state index is 0.0343. The summed E-state index contributed by atoms with van der Waals surface area (Å²) in [6.45, 7) is 5.39. The predicted octanol–water partition coefficient (Wildman–Crippen LogP) is 2.25. The van der Waals surface area contributed by atoms with Crippen LogP contribution in [0.5, 0.6) is 0 Å². The van der Waals surface area contributed by atoms with E-state index in [0.29, 0.717) is 6.54 Å². The molecule has 90 valence electrons. The molecule has 1 N–H and O–H groups in total. The number of rotatable bonds is 4. The molecule has 2 aromatic rings. The summed E-state index contributed by atoms with van der Waals surface area (Å²) in [5, 5.41) is 3.30. The highest BCUT2D eigenvalue weighted by Crippen LogP contribution is 2.14. The molecule has 0 atom stereocenters. The minimum Gasteiger partial charge on any atom is -0.379 e. The van der Waals surface area contributed by atoms with E-state index in [0.717, 1.165) is 17.9 Å². The molecule has 0 fully saturated rings. The van der Waals surface area contributed by atoms with Crippen molar-refractivity contribution in [3.8, 4) is 0 Å². The molecule has 2 rings (SSSR count). The van der Waals surface area contributed by atoms with Crippen LogP contribution in [0.25, 0.3) is 0 Å². The lowest BCUT2D eigenvalue weighted by Crippen LogP contribution is -2.17. The van der Waals surface area contributed by atoms with Gasteiger partial charge < -0.3 is 9.88 Å². The quantitative estimate of drug-likeness (QED) is 0.904. The summed E-state index contributed by atoms with van der Waals surface area (Å²) >= 11 is 1.64. The van der Waals surface area contributed by atoms with Gasteiger partial charge in [0.25, 0.3) is 5.56 Å². The van der Waals surface area contributed by atoms with Crippen LogP contribution in [0, 0.1) is 6.92 Å². The molecular weight excluding hydrogens is 234 g/mol. The minimum atomic E-state index is 0.0343. The van der Waals surface area contributed by atoms with Gasteiger partial charge in [-0.05, 0) is 19.9 Å². The Morgan fingerprint density at radius 2 is 2.29 bits per heavy atom.